The van der Waals surface area contributed by atoms with E-state index in [1.165, 1.54) is 5.69 Å². The van der Waals surface area contributed by atoms with Gasteiger partial charge in [-0.05, 0) is 56.2 Å². The maximum atomic E-state index is 5.83. The lowest BCUT2D eigenvalue weighted by molar-refractivity contribution is -0.00523. The van der Waals surface area contributed by atoms with Crippen molar-refractivity contribution in [1.29, 1.82) is 0 Å². The monoisotopic (exact) mass is 416 g/mol. The van der Waals surface area contributed by atoms with E-state index in [1.807, 2.05) is 18.5 Å². The standard InChI is InChI=1S/C24H28N6O/c1-15(2)21-9-7-19-6-5-18-11-26-24(28-23(18)30(19)21)27-22-10-8-20(12-25-22)29-13-16(3)31-17(4)14-29/h5-12,15-17H,13-14H2,1-4H3,(H,25,26,27,28)/t16-,17+. The predicted octanol–water partition coefficient (Wildman–Crippen LogP) is 4.76. The van der Waals surface area contributed by atoms with Gasteiger partial charge in [-0.2, -0.15) is 4.98 Å². The van der Waals surface area contributed by atoms with Crippen LogP contribution in [0.1, 0.15) is 39.3 Å². The molecule has 2 atom stereocenters. The second-order valence-electron chi connectivity index (χ2n) is 8.67. The Balaban J connectivity index is 1.42. The molecule has 0 unspecified atom stereocenters. The van der Waals surface area contributed by atoms with Crippen LogP contribution in [0.4, 0.5) is 17.5 Å². The number of hydrogen-bond donors (Lipinski definition) is 1. The Morgan fingerprint density at radius 3 is 2.45 bits per heavy atom. The van der Waals surface area contributed by atoms with Crippen molar-refractivity contribution in [1.82, 2.24) is 19.4 Å². The van der Waals surface area contributed by atoms with Gasteiger partial charge < -0.3 is 15.0 Å². The van der Waals surface area contributed by atoms with Gasteiger partial charge in [-0.1, -0.05) is 13.8 Å². The molecule has 0 aromatic carbocycles. The summed E-state index contributed by atoms with van der Waals surface area (Å²) in [4.78, 5) is 16.2. The molecule has 5 heterocycles. The Morgan fingerprint density at radius 2 is 1.74 bits per heavy atom. The van der Waals surface area contributed by atoms with Crippen LogP contribution in [0, 0.1) is 0 Å². The molecule has 1 fully saturated rings. The first-order valence-electron chi connectivity index (χ1n) is 10.9. The van der Waals surface area contributed by atoms with Crippen molar-refractivity contribution in [2.24, 2.45) is 0 Å². The van der Waals surface area contributed by atoms with Gasteiger partial charge in [-0.15, -0.1) is 0 Å². The van der Waals surface area contributed by atoms with Crippen molar-refractivity contribution in [2.75, 3.05) is 23.3 Å². The maximum Gasteiger partial charge on any atom is 0.230 e. The molecule has 7 nitrogen and oxygen atoms in total. The average molecular weight is 417 g/mol. The van der Waals surface area contributed by atoms with Gasteiger partial charge in [0.15, 0.2) is 0 Å². The Labute approximate surface area is 182 Å². The summed E-state index contributed by atoms with van der Waals surface area (Å²) in [6.45, 7) is 10.4. The third-order valence-electron chi connectivity index (χ3n) is 5.75. The third-order valence-corrected chi connectivity index (χ3v) is 5.75. The van der Waals surface area contributed by atoms with E-state index in [0.717, 1.165) is 41.1 Å². The zero-order chi connectivity index (χ0) is 21.5. The molecule has 1 aliphatic heterocycles. The molecule has 160 valence electrons. The van der Waals surface area contributed by atoms with Gasteiger partial charge in [0.05, 0.1) is 24.1 Å². The molecule has 7 heteroatoms. The van der Waals surface area contributed by atoms with E-state index in [4.69, 9.17) is 9.72 Å². The quantitative estimate of drug-likeness (QED) is 0.517. The van der Waals surface area contributed by atoms with Crippen LogP contribution >= 0.6 is 0 Å². The number of pyridine rings is 2. The van der Waals surface area contributed by atoms with Crippen molar-refractivity contribution in [2.45, 2.75) is 45.8 Å². The van der Waals surface area contributed by atoms with Gasteiger partial charge >= 0.3 is 0 Å². The van der Waals surface area contributed by atoms with Crippen molar-refractivity contribution in [3.8, 4) is 0 Å². The van der Waals surface area contributed by atoms with E-state index in [1.54, 1.807) is 0 Å². The molecule has 0 amide bonds. The molecule has 31 heavy (non-hydrogen) atoms. The molecule has 1 saturated heterocycles. The first kappa shape index (κ1) is 19.8. The highest BCUT2D eigenvalue weighted by atomic mass is 16.5. The van der Waals surface area contributed by atoms with Gasteiger partial charge in [0.2, 0.25) is 5.95 Å². The van der Waals surface area contributed by atoms with Crippen LogP contribution in [0.15, 0.2) is 48.8 Å². The Bertz CT molecular complexity index is 1210. The smallest absolute Gasteiger partial charge is 0.230 e. The summed E-state index contributed by atoms with van der Waals surface area (Å²) < 4.78 is 8.04. The molecule has 0 saturated carbocycles. The highest BCUT2D eigenvalue weighted by Crippen LogP contribution is 2.25. The Hall–Kier alpha value is -3.19. The molecule has 4 aromatic heterocycles. The summed E-state index contributed by atoms with van der Waals surface area (Å²) in [6.07, 6.45) is 4.19. The zero-order valence-electron chi connectivity index (χ0n) is 18.4. The van der Waals surface area contributed by atoms with Crippen molar-refractivity contribution in [3.63, 3.8) is 0 Å². The molecule has 4 aromatic rings. The number of ether oxygens (including phenoxy) is 1. The van der Waals surface area contributed by atoms with Crippen LogP contribution in [0.5, 0.6) is 0 Å². The maximum absolute atomic E-state index is 5.83. The molecule has 0 bridgehead atoms. The zero-order valence-corrected chi connectivity index (χ0v) is 18.4. The Morgan fingerprint density at radius 1 is 0.968 bits per heavy atom. The lowest BCUT2D eigenvalue weighted by Gasteiger charge is -2.36. The van der Waals surface area contributed by atoms with Gasteiger partial charge in [0.1, 0.15) is 11.5 Å². The molecule has 1 aliphatic rings. The SMILES string of the molecule is CC(C)c1ccc2ccc3cnc(Nc4ccc(N5C[C@@H](C)O[C@@H](C)C5)cn4)nc3n12. The van der Waals surface area contributed by atoms with E-state index in [2.05, 4.69) is 82.6 Å². The number of aromatic nitrogens is 4. The van der Waals surface area contributed by atoms with E-state index in [9.17, 15) is 0 Å². The number of rotatable bonds is 4. The number of anilines is 3. The number of nitrogens with one attached hydrogen (secondary N) is 1. The average Bonchev–Trinajstić information content (AvgIpc) is 3.19. The van der Waals surface area contributed by atoms with Gasteiger partial charge in [0, 0.05) is 35.9 Å². The molecule has 0 radical (unpaired) electrons. The van der Waals surface area contributed by atoms with Crippen LogP contribution in [0.3, 0.4) is 0 Å². The molecule has 1 N–H and O–H groups in total. The van der Waals surface area contributed by atoms with Crippen LogP contribution in [-0.2, 0) is 4.74 Å². The van der Waals surface area contributed by atoms with Gasteiger partial charge in [-0.3, -0.25) is 4.40 Å². The highest BCUT2D eigenvalue weighted by Gasteiger charge is 2.22. The topological polar surface area (TPSA) is 67.6 Å². The van der Waals surface area contributed by atoms with Crippen LogP contribution < -0.4 is 10.2 Å². The molecule has 5 rings (SSSR count). The first-order chi connectivity index (χ1) is 15.0. The summed E-state index contributed by atoms with van der Waals surface area (Å²) in [5, 5.41) is 4.27. The number of fused-ring (bicyclic) bond motifs is 3. The molecule has 0 aliphatic carbocycles. The molecular formula is C24H28N6O. The normalized spacial score (nSPS) is 19.5. The van der Waals surface area contributed by atoms with E-state index in [0.29, 0.717) is 11.9 Å². The third kappa shape index (κ3) is 3.81. The van der Waals surface area contributed by atoms with E-state index >= 15 is 0 Å². The summed E-state index contributed by atoms with van der Waals surface area (Å²) in [7, 11) is 0. The van der Waals surface area contributed by atoms with Crippen LogP contribution in [-0.4, -0.2) is 44.7 Å². The summed E-state index contributed by atoms with van der Waals surface area (Å²) in [6, 6.07) is 12.5. The minimum absolute atomic E-state index is 0.216. The highest BCUT2D eigenvalue weighted by molar-refractivity contribution is 5.80. The minimum atomic E-state index is 0.216. The van der Waals surface area contributed by atoms with Crippen molar-refractivity contribution < 1.29 is 4.74 Å². The largest absolute Gasteiger partial charge is 0.372 e. The predicted molar refractivity (Wildman–Crippen MR) is 124 cm³/mol. The second kappa shape index (κ2) is 7.81. The fourth-order valence-corrected chi connectivity index (χ4v) is 4.36. The number of hydrogen-bond acceptors (Lipinski definition) is 6. The molecule has 0 spiro atoms. The first-order valence-corrected chi connectivity index (χ1v) is 10.9. The minimum Gasteiger partial charge on any atom is -0.372 e. The number of morpholine rings is 1. The lowest BCUT2D eigenvalue weighted by Crippen LogP contribution is -2.45. The van der Waals surface area contributed by atoms with Crippen LogP contribution in [0.2, 0.25) is 0 Å². The fraction of sp³-hybridized carbons (Fsp3) is 0.375. The van der Waals surface area contributed by atoms with Crippen molar-refractivity contribution in [3.05, 3.63) is 54.5 Å². The summed E-state index contributed by atoms with van der Waals surface area (Å²) in [5.74, 6) is 1.66. The number of nitrogens with zero attached hydrogens (tertiary/aromatic N) is 5. The van der Waals surface area contributed by atoms with Crippen molar-refractivity contribution >= 4 is 34.0 Å². The van der Waals surface area contributed by atoms with E-state index in [-0.39, 0.29) is 12.2 Å². The van der Waals surface area contributed by atoms with E-state index < -0.39 is 0 Å². The molecular weight excluding hydrogens is 388 g/mol. The summed E-state index contributed by atoms with van der Waals surface area (Å²) >= 11 is 0. The van der Waals surface area contributed by atoms with Crippen LogP contribution in [0.25, 0.3) is 16.6 Å². The Kier molecular flexibility index (Phi) is 4.98. The lowest BCUT2D eigenvalue weighted by atomic mass is 10.1. The fourth-order valence-electron chi connectivity index (χ4n) is 4.36. The van der Waals surface area contributed by atoms with Gasteiger partial charge in [-0.25, -0.2) is 9.97 Å². The summed E-state index contributed by atoms with van der Waals surface area (Å²) in [5.41, 5.74) is 4.37. The van der Waals surface area contributed by atoms with Gasteiger partial charge in [0.25, 0.3) is 0 Å². The second-order valence-corrected chi connectivity index (χ2v) is 8.67.